The molecule has 0 saturated heterocycles. The second-order valence-corrected chi connectivity index (χ2v) is 6.08. The third kappa shape index (κ3) is 4.92. The van der Waals surface area contributed by atoms with E-state index < -0.39 is 0 Å². The van der Waals surface area contributed by atoms with Crippen LogP contribution in [0.15, 0.2) is 36.4 Å². The number of unbranched alkanes of at least 4 members (excludes halogenated alkanes) is 5. The Balaban J connectivity index is 1.78. The first kappa shape index (κ1) is 16.2. The Bertz CT molecular complexity index is 554. The van der Waals surface area contributed by atoms with Crippen LogP contribution in [0.2, 0.25) is 0 Å². The number of rotatable bonds is 9. The van der Waals surface area contributed by atoms with E-state index in [0.717, 1.165) is 34.9 Å². The molecule has 2 nitrogen and oxygen atoms in total. The lowest BCUT2D eigenvalue weighted by Gasteiger charge is -2.10. The summed E-state index contributed by atoms with van der Waals surface area (Å²) in [6, 6.07) is 11.4. The molecule has 0 unspecified atom stereocenters. The first-order valence-corrected chi connectivity index (χ1v) is 8.84. The molecule has 2 aromatic carbocycles. The van der Waals surface area contributed by atoms with E-state index in [0.29, 0.717) is 5.75 Å². The van der Waals surface area contributed by atoms with Crippen molar-refractivity contribution in [3.05, 3.63) is 36.4 Å². The van der Waals surface area contributed by atoms with Crippen molar-refractivity contribution < 1.29 is 9.84 Å². The Kier molecular flexibility index (Phi) is 6.87. The second kappa shape index (κ2) is 8.93. The summed E-state index contributed by atoms with van der Waals surface area (Å²) < 4.78 is 5.88. The zero-order chi connectivity index (χ0) is 14.9. The number of benzene rings is 2. The first-order valence-electron chi connectivity index (χ1n) is 7.72. The topological polar surface area (TPSA) is 29.5 Å². The van der Waals surface area contributed by atoms with Gasteiger partial charge in [0, 0.05) is 16.1 Å². The number of alkyl halides is 1. The number of halogens is 1. The van der Waals surface area contributed by atoms with Crippen LogP contribution < -0.4 is 4.74 Å². The summed E-state index contributed by atoms with van der Waals surface area (Å²) in [5, 5.41) is 12.8. The van der Waals surface area contributed by atoms with Gasteiger partial charge in [0.2, 0.25) is 0 Å². The fourth-order valence-electron chi connectivity index (χ4n) is 2.47. The summed E-state index contributed by atoms with van der Waals surface area (Å²) in [6.45, 7) is 0.743. The van der Waals surface area contributed by atoms with E-state index in [4.69, 9.17) is 4.74 Å². The quantitative estimate of drug-likeness (QED) is 0.467. The van der Waals surface area contributed by atoms with Crippen molar-refractivity contribution in [1.82, 2.24) is 0 Å². The highest BCUT2D eigenvalue weighted by Gasteiger charge is 2.05. The molecule has 0 atom stereocenters. The average Bonchev–Trinajstić information content (AvgIpc) is 2.52. The monoisotopic (exact) mass is 350 g/mol. The molecule has 0 heterocycles. The average molecular weight is 351 g/mol. The SMILES string of the molecule is Oc1ccc(OCCCCCCCCBr)c2ccccc12. The molecule has 114 valence electrons. The van der Waals surface area contributed by atoms with Gasteiger partial charge in [0.05, 0.1) is 6.61 Å². The Labute approximate surface area is 135 Å². The number of phenolic OH excluding ortho intramolecular Hbond substituents is 1. The second-order valence-electron chi connectivity index (χ2n) is 5.29. The number of hydrogen-bond acceptors (Lipinski definition) is 2. The van der Waals surface area contributed by atoms with Crippen LogP contribution in [0.4, 0.5) is 0 Å². The molecular weight excluding hydrogens is 328 g/mol. The molecule has 0 fully saturated rings. The van der Waals surface area contributed by atoms with Crippen LogP contribution in [0.1, 0.15) is 38.5 Å². The van der Waals surface area contributed by atoms with Crippen molar-refractivity contribution in [2.75, 3.05) is 11.9 Å². The van der Waals surface area contributed by atoms with Gasteiger partial charge in [0.1, 0.15) is 11.5 Å². The lowest BCUT2D eigenvalue weighted by Crippen LogP contribution is -1.98. The summed E-state index contributed by atoms with van der Waals surface area (Å²) in [7, 11) is 0. The third-order valence-electron chi connectivity index (χ3n) is 3.65. The predicted octanol–water partition coefficient (Wildman–Crippen LogP) is 5.66. The van der Waals surface area contributed by atoms with Gasteiger partial charge in [-0.15, -0.1) is 0 Å². The number of hydrogen-bond donors (Lipinski definition) is 1. The Hall–Kier alpha value is -1.22. The van der Waals surface area contributed by atoms with E-state index in [1.54, 1.807) is 6.07 Å². The van der Waals surface area contributed by atoms with Crippen molar-refractivity contribution in [1.29, 1.82) is 0 Å². The Morgan fingerprint density at radius 3 is 2.24 bits per heavy atom. The minimum Gasteiger partial charge on any atom is -0.507 e. The van der Waals surface area contributed by atoms with E-state index in [1.165, 1.54) is 32.1 Å². The molecule has 3 heteroatoms. The maximum Gasteiger partial charge on any atom is 0.127 e. The lowest BCUT2D eigenvalue weighted by atomic mass is 10.1. The number of fused-ring (bicyclic) bond motifs is 1. The maximum absolute atomic E-state index is 9.85. The summed E-state index contributed by atoms with van der Waals surface area (Å²) in [5.74, 6) is 1.17. The minimum atomic E-state index is 0.310. The normalized spacial score (nSPS) is 10.9. The van der Waals surface area contributed by atoms with E-state index in [1.807, 2.05) is 30.3 Å². The van der Waals surface area contributed by atoms with Crippen molar-refractivity contribution in [2.24, 2.45) is 0 Å². The number of ether oxygens (including phenoxy) is 1. The van der Waals surface area contributed by atoms with Crippen LogP contribution in [0.3, 0.4) is 0 Å². The van der Waals surface area contributed by atoms with Crippen LogP contribution >= 0.6 is 15.9 Å². The zero-order valence-corrected chi connectivity index (χ0v) is 13.9. The fourth-order valence-corrected chi connectivity index (χ4v) is 2.86. The minimum absolute atomic E-state index is 0.310. The van der Waals surface area contributed by atoms with E-state index in [9.17, 15) is 5.11 Å². The number of aromatic hydroxyl groups is 1. The molecule has 0 aliphatic carbocycles. The predicted molar refractivity (Wildman–Crippen MR) is 92.6 cm³/mol. The van der Waals surface area contributed by atoms with Gasteiger partial charge in [-0.2, -0.15) is 0 Å². The molecule has 0 amide bonds. The van der Waals surface area contributed by atoms with Crippen molar-refractivity contribution in [3.8, 4) is 11.5 Å². The third-order valence-corrected chi connectivity index (χ3v) is 4.21. The van der Waals surface area contributed by atoms with Crippen LogP contribution in [0.25, 0.3) is 10.8 Å². The smallest absolute Gasteiger partial charge is 0.127 e. The van der Waals surface area contributed by atoms with E-state index in [-0.39, 0.29) is 0 Å². The van der Waals surface area contributed by atoms with Crippen LogP contribution in [0.5, 0.6) is 11.5 Å². The molecule has 0 aromatic heterocycles. The zero-order valence-electron chi connectivity index (χ0n) is 12.4. The number of phenols is 1. The molecule has 0 aliphatic rings. The largest absolute Gasteiger partial charge is 0.507 e. The van der Waals surface area contributed by atoms with Crippen molar-refractivity contribution in [2.45, 2.75) is 38.5 Å². The van der Waals surface area contributed by atoms with Gasteiger partial charge in [-0.3, -0.25) is 0 Å². The molecule has 0 spiro atoms. The molecular formula is C18H23BrO2. The summed E-state index contributed by atoms with van der Waals surface area (Å²) in [6.07, 6.45) is 7.49. The molecule has 0 saturated carbocycles. The van der Waals surface area contributed by atoms with Crippen LogP contribution in [-0.4, -0.2) is 17.0 Å². The molecule has 0 bridgehead atoms. The highest BCUT2D eigenvalue weighted by Crippen LogP contribution is 2.32. The van der Waals surface area contributed by atoms with Gasteiger partial charge >= 0.3 is 0 Å². The Morgan fingerprint density at radius 2 is 1.48 bits per heavy atom. The van der Waals surface area contributed by atoms with Gasteiger partial charge in [-0.25, -0.2) is 0 Å². The first-order chi connectivity index (χ1) is 10.3. The lowest BCUT2D eigenvalue weighted by molar-refractivity contribution is 0.307. The maximum atomic E-state index is 9.85. The van der Waals surface area contributed by atoms with Gasteiger partial charge in [-0.05, 0) is 25.0 Å². The Morgan fingerprint density at radius 1 is 0.810 bits per heavy atom. The summed E-state index contributed by atoms with van der Waals surface area (Å²) >= 11 is 3.46. The van der Waals surface area contributed by atoms with Gasteiger partial charge in [0.15, 0.2) is 0 Å². The standard InChI is InChI=1S/C18H23BrO2/c19-13-7-3-1-2-4-8-14-21-18-12-11-17(20)15-9-5-6-10-16(15)18/h5-6,9-12,20H,1-4,7-8,13-14H2. The van der Waals surface area contributed by atoms with Crippen LogP contribution in [0, 0.1) is 0 Å². The van der Waals surface area contributed by atoms with E-state index in [2.05, 4.69) is 15.9 Å². The molecule has 1 N–H and O–H groups in total. The summed E-state index contributed by atoms with van der Waals surface area (Å²) in [4.78, 5) is 0. The molecule has 2 aromatic rings. The van der Waals surface area contributed by atoms with E-state index >= 15 is 0 Å². The van der Waals surface area contributed by atoms with Gasteiger partial charge in [-0.1, -0.05) is 65.9 Å². The molecule has 2 rings (SSSR count). The summed E-state index contributed by atoms with van der Waals surface area (Å²) in [5.41, 5.74) is 0. The molecule has 0 aliphatic heterocycles. The highest BCUT2D eigenvalue weighted by molar-refractivity contribution is 9.09. The van der Waals surface area contributed by atoms with Crippen molar-refractivity contribution >= 4 is 26.7 Å². The molecule has 0 radical (unpaired) electrons. The van der Waals surface area contributed by atoms with Gasteiger partial charge < -0.3 is 9.84 Å². The fraction of sp³-hybridized carbons (Fsp3) is 0.444. The highest BCUT2D eigenvalue weighted by atomic mass is 79.9. The van der Waals surface area contributed by atoms with Crippen LogP contribution in [-0.2, 0) is 0 Å². The molecule has 21 heavy (non-hydrogen) atoms. The van der Waals surface area contributed by atoms with Gasteiger partial charge in [0.25, 0.3) is 0 Å². The van der Waals surface area contributed by atoms with Crippen molar-refractivity contribution in [3.63, 3.8) is 0 Å².